The van der Waals surface area contributed by atoms with Gasteiger partial charge in [-0.15, -0.1) is 11.6 Å². The van der Waals surface area contributed by atoms with Crippen LogP contribution in [0.15, 0.2) is 36.7 Å². The van der Waals surface area contributed by atoms with Crippen LogP contribution < -0.4 is 4.74 Å². The first kappa shape index (κ1) is 11.0. The third kappa shape index (κ3) is 2.76. The van der Waals surface area contributed by atoms with E-state index in [0.717, 1.165) is 16.9 Å². The standard InChI is InChI=1S/C12H13ClN2O/c1-15-8-11(7-14-15)9-16-12-4-2-3-10(5-12)6-13/h2-5,7-8H,6,9H2,1H3. The summed E-state index contributed by atoms with van der Waals surface area (Å²) >= 11 is 5.75. The first-order valence-electron chi connectivity index (χ1n) is 5.03. The van der Waals surface area contributed by atoms with E-state index in [2.05, 4.69) is 5.10 Å². The summed E-state index contributed by atoms with van der Waals surface area (Å²) in [6, 6.07) is 7.79. The first-order valence-corrected chi connectivity index (χ1v) is 5.56. The van der Waals surface area contributed by atoms with E-state index in [4.69, 9.17) is 16.3 Å². The lowest BCUT2D eigenvalue weighted by Crippen LogP contribution is -1.94. The second kappa shape index (κ2) is 5.03. The molecule has 3 nitrogen and oxygen atoms in total. The number of aryl methyl sites for hydroxylation is 1. The van der Waals surface area contributed by atoms with Crippen molar-refractivity contribution in [3.63, 3.8) is 0 Å². The third-order valence-corrected chi connectivity index (χ3v) is 2.53. The lowest BCUT2D eigenvalue weighted by molar-refractivity contribution is 0.306. The summed E-state index contributed by atoms with van der Waals surface area (Å²) in [6.45, 7) is 0.527. The van der Waals surface area contributed by atoms with Crippen LogP contribution in [0, 0.1) is 0 Å². The normalized spacial score (nSPS) is 10.4. The smallest absolute Gasteiger partial charge is 0.120 e. The molecule has 2 aromatic rings. The highest BCUT2D eigenvalue weighted by molar-refractivity contribution is 6.17. The average molecular weight is 237 g/mol. The van der Waals surface area contributed by atoms with Crippen LogP contribution in [0.25, 0.3) is 0 Å². The highest BCUT2D eigenvalue weighted by Gasteiger charge is 1.99. The number of halogens is 1. The largest absolute Gasteiger partial charge is 0.489 e. The number of hydrogen-bond donors (Lipinski definition) is 0. The number of ether oxygens (including phenoxy) is 1. The van der Waals surface area contributed by atoms with Crippen LogP contribution in [0.1, 0.15) is 11.1 Å². The van der Waals surface area contributed by atoms with Gasteiger partial charge in [0.2, 0.25) is 0 Å². The molecule has 2 rings (SSSR count). The molecule has 0 saturated heterocycles. The Labute approximate surface area is 99.6 Å². The maximum atomic E-state index is 5.75. The van der Waals surface area contributed by atoms with Crippen LogP contribution in [0.5, 0.6) is 5.75 Å². The predicted molar refractivity (Wildman–Crippen MR) is 63.5 cm³/mol. The van der Waals surface area contributed by atoms with Crippen molar-refractivity contribution < 1.29 is 4.74 Å². The summed E-state index contributed by atoms with van der Waals surface area (Å²) in [5.74, 6) is 1.34. The van der Waals surface area contributed by atoms with Crippen molar-refractivity contribution in [2.75, 3.05) is 0 Å². The van der Waals surface area contributed by atoms with Gasteiger partial charge in [-0.1, -0.05) is 12.1 Å². The number of nitrogens with zero attached hydrogens (tertiary/aromatic N) is 2. The average Bonchev–Trinajstić information content (AvgIpc) is 2.73. The van der Waals surface area contributed by atoms with E-state index in [1.807, 2.05) is 37.5 Å². The van der Waals surface area contributed by atoms with E-state index in [-0.39, 0.29) is 0 Å². The summed E-state index contributed by atoms with van der Waals surface area (Å²) in [5, 5.41) is 4.08. The van der Waals surface area contributed by atoms with Crippen molar-refractivity contribution in [3.8, 4) is 5.75 Å². The second-order valence-corrected chi connectivity index (χ2v) is 3.86. The zero-order chi connectivity index (χ0) is 11.4. The number of aromatic nitrogens is 2. The van der Waals surface area contributed by atoms with Gasteiger partial charge >= 0.3 is 0 Å². The van der Waals surface area contributed by atoms with E-state index in [1.54, 1.807) is 10.9 Å². The van der Waals surface area contributed by atoms with Gasteiger partial charge in [-0.25, -0.2) is 0 Å². The molecule has 0 aliphatic heterocycles. The van der Waals surface area contributed by atoms with Crippen molar-refractivity contribution in [1.82, 2.24) is 9.78 Å². The Morgan fingerprint density at radius 3 is 2.94 bits per heavy atom. The topological polar surface area (TPSA) is 27.1 Å². The minimum atomic E-state index is 0.504. The van der Waals surface area contributed by atoms with Crippen LogP contribution in [0.4, 0.5) is 0 Å². The van der Waals surface area contributed by atoms with Crippen LogP contribution in [0.2, 0.25) is 0 Å². The molecule has 0 aliphatic carbocycles. The van der Waals surface area contributed by atoms with Crippen molar-refractivity contribution in [2.24, 2.45) is 7.05 Å². The molecule has 16 heavy (non-hydrogen) atoms. The van der Waals surface area contributed by atoms with Gasteiger partial charge in [0.25, 0.3) is 0 Å². The van der Waals surface area contributed by atoms with Crippen molar-refractivity contribution in [2.45, 2.75) is 12.5 Å². The lowest BCUT2D eigenvalue weighted by atomic mass is 10.2. The lowest BCUT2D eigenvalue weighted by Gasteiger charge is -2.05. The van der Waals surface area contributed by atoms with Crippen molar-refractivity contribution in [3.05, 3.63) is 47.8 Å². The molecule has 1 aromatic carbocycles. The Morgan fingerprint density at radius 2 is 2.25 bits per heavy atom. The van der Waals surface area contributed by atoms with Crippen LogP contribution in [-0.2, 0) is 19.5 Å². The van der Waals surface area contributed by atoms with Gasteiger partial charge in [0, 0.05) is 24.7 Å². The van der Waals surface area contributed by atoms with Gasteiger partial charge in [-0.3, -0.25) is 4.68 Å². The molecule has 0 saturated carbocycles. The molecule has 0 bridgehead atoms. The number of benzene rings is 1. The Hall–Kier alpha value is -1.48. The van der Waals surface area contributed by atoms with Crippen LogP contribution in [-0.4, -0.2) is 9.78 Å². The molecular weight excluding hydrogens is 224 g/mol. The quantitative estimate of drug-likeness (QED) is 0.764. The van der Waals surface area contributed by atoms with Crippen molar-refractivity contribution in [1.29, 1.82) is 0 Å². The zero-order valence-corrected chi connectivity index (χ0v) is 9.81. The number of rotatable bonds is 4. The summed E-state index contributed by atoms with van der Waals surface area (Å²) in [4.78, 5) is 0. The van der Waals surface area contributed by atoms with Gasteiger partial charge in [-0.05, 0) is 17.7 Å². The Bertz CT molecular complexity index is 468. The van der Waals surface area contributed by atoms with Crippen LogP contribution >= 0.6 is 11.6 Å². The minimum Gasteiger partial charge on any atom is -0.489 e. The number of hydrogen-bond acceptors (Lipinski definition) is 2. The Kier molecular flexibility index (Phi) is 3.47. The summed E-state index contributed by atoms with van der Waals surface area (Å²) in [5.41, 5.74) is 2.11. The van der Waals surface area contributed by atoms with E-state index in [0.29, 0.717) is 12.5 Å². The number of alkyl halides is 1. The second-order valence-electron chi connectivity index (χ2n) is 3.59. The summed E-state index contributed by atoms with van der Waals surface area (Å²) in [6.07, 6.45) is 3.73. The molecule has 4 heteroatoms. The highest BCUT2D eigenvalue weighted by atomic mass is 35.5. The minimum absolute atomic E-state index is 0.504. The fourth-order valence-electron chi connectivity index (χ4n) is 1.43. The molecule has 0 spiro atoms. The van der Waals surface area contributed by atoms with E-state index < -0.39 is 0 Å². The molecule has 1 aromatic heterocycles. The van der Waals surface area contributed by atoms with Crippen LogP contribution in [0.3, 0.4) is 0 Å². The van der Waals surface area contributed by atoms with Crippen molar-refractivity contribution >= 4 is 11.6 Å². The molecule has 0 N–H and O–H groups in total. The molecule has 0 radical (unpaired) electrons. The van der Waals surface area contributed by atoms with Gasteiger partial charge in [0.05, 0.1) is 6.20 Å². The van der Waals surface area contributed by atoms with Gasteiger partial charge < -0.3 is 4.74 Å². The molecule has 0 amide bonds. The predicted octanol–water partition coefficient (Wildman–Crippen LogP) is 2.74. The SMILES string of the molecule is Cn1cc(COc2cccc(CCl)c2)cn1. The van der Waals surface area contributed by atoms with Gasteiger partial charge in [0.1, 0.15) is 12.4 Å². The van der Waals surface area contributed by atoms with E-state index >= 15 is 0 Å². The highest BCUT2D eigenvalue weighted by Crippen LogP contribution is 2.16. The molecule has 0 aliphatic rings. The molecule has 0 atom stereocenters. The molecule has 1 heterocycles. The van der Waals surface area contributed by atoms with E-state index in [9.17, 15) is 0 Å². The molecule has 0 fully saturated rings. The molecule has 84 valence electrons. The summed E-state index contributed by atoms with van der Waals surface area (Å²) < 4.78 is 7.39. The summed E-state index contributed by atoms with van der Waals surface area (Å²) in [7, 11) is 1.89. The fourth-order valence-corrected chi connectivity index (χ4v) is 1.60. The Morgan fingerprint density at radius 1 is 1.38 bits per heavy atom. The van der Waals surface area contributed by atoms with Gasteiger partial charge in [-0.2, -0.15) is 5.10 Å². The van der Waals surface area contributed by atoms with E-state index in [1.165, 1.54) is 0 Å². The maximum absolute atomic E-state index is 5.75. The molecule has 0 unspecified atom stereocenters. The zero-order valence-electron chi connectivity index (χ0n) is 9.06. The Balaban J connectivity index is 1.99. The maximum Gasteiger partial charge on any atom is 0.120 e. The molecular formula is C12H13ClN2O. The van der Waals surface area contributed by atoms with Gasteiger partial charge in [0.15, 0.2) is 0 Å². The third-order valence-electron chi connectivity index (χ3n) is 2.22. The fraction of sp³-hybridized carbons (Fsp3) is 0.250. The first-order chi connectivity index (χ1) is 7.78. The monoisotopic (exact) mass is 236 g/mol.